The van der Waals surface area contributed by atoms with Gasteiger partial charge in [0.15, 0.2) is 0 Å². The van der Waals surface area contributed by atoms with Crippen molar-refractivity contribution < 1.29 is 9.59 Å². The first-order valence-electron chi connectivity index (χ1n) is 7.46. The maximum absolute atomic E-state index is 11.7. The highest BCUT2D eigenvalue weighted by molar-refractivity contribution is 5.95. The summed E-state index contributed by atoms with van der Waals surface area (Å²) in [5.74, 6) is 0.229. The zero-order valence-electron chi connectivity index (χ0n) is 13.1. The van der Waals surface area contributed by atoms with Crippen molar-refractivity contribution >= 4 is 29.9 Å². The van der Waals surface area contributed by atoms with Gasteiger partial charge in [-0.1, -0.05) is 12.1 Å². The number of carbonyl (C=O) groups excluding carboxylic acids is 2. The number of amides is 2. The summed E-state index contributed by atoms with van der Waals surface area (Å²) in [5.41, 5.74) is 1.98. The minimum Gasteiger partial charge on any atom is -0.350 e. The quantitative estimate of drug-likeness (QED) is 0.841. The van der Waals surface area contributed by atoms with Crippen LogP contribution in [-0.4, -0.2) is 32.0 Å². The van der Waals surface area contributed by atoms with Gasteiger partial charge in [-0.25, -0.2) is 0 Å². The maximum atomic E-state index is 11.7. The molecule has 1 aliphatic rings. The fraction of sp³-hybridized carbons (Fsp3) is 0.500. The van der Waals surface area contributed by atoms with Crippen LogP contribution in [0.3, 0.4) is 0 Å². The molecule has 1 aromatic rings. The molecule has 2 N–H and O–H groups in total. The molecule has 5 nitrogen and oxygen atoms in total. The lowest BCUT2D eigenvalue weighted by Crippen LogP contribution is -2.29. The van der Waals surface area contributed by atoms with Gasteiger partial charge in [-0.05, 0) is 38.1 Å². The predicted octanol–water partition coefficient (Wildman–Crippen LogP) is 2.02. The largest absolute Gasteiger partial charge is 0.350 e. The zero-order valence-corrected chi connectivity index (χ0v) is 13.9. The van der Waals surface area contributed by atoms with E-state index >= 15 is 0 Å². The first-order valence-corrected chi connectivity index (χ1v) is 7.46. The van der Waals surface area contributed by atoms with Gasteiger partial charge in [-0.15, -0.1) is 12.4 Å². The van der Waals surface area contributed by atoms with Gasteiger partial charge in [0.1, 0.15) is 0 Å². The SMILES string of the molecule is CNCCC(=O)NC(C)c1ccc(N2CCCC2=O)cc1.Cl. The summed E-state index contributed by atoms with van der Waals surface area (Å²) in [6.07, 6.45) is 2.04. The van der Waals surface area contributed by atoms with Crippen molar-refractivity contribution in [2.75, 3.05) is 25.0 Å². The smallest absolute Gasteiger partial charge is 0.227 e. The molecule has 1 aliphatic heterocycles. The lowest BCUT2D eigenvalue weighted by atomic mass is 10.1. The fourth-order valence-corrected chi connectivity index (χ4v) is 2.50. The lowest BCUT2D eigenvalue weighted by Gasteiger charge is -2.18. The van der Waals surface area contributed by atoms with Gasteiger partial charge in [0.25, 0.3) is 0 Å². The van der Waals surface area contributed by atoms with Crippen molar-refractivity contribution in [3.63, 3.8) is 0 Å². The molecule has 0 bridgehead atoms. The summed E-state index contributed by atoms with van der Waals surface area (Å²) in [4.78, 5) is 25.2. The molecule has 6 heteroatoms. The normalized spacial score (nSPS) is 15.4. The second-order valence-electron chi connectivity index (χ2n) is 5.38. The Bertz CT molecular complexity index is 505. The van der Waals surface area contributed by atoms with Crippen LogP contribution in [0.2, 0.25) is 0 Å². The third-order valence-corrected chi connectivity index (χ3v) is 3.76. The van der Waals surface area contributed by atoms with Crippen LogP contribution < -0.4 is 15.5 Å². The molecule has 1 atom stereocenters. The molecule has 1 unspecified atom stereocenters. The molecule has 1 saturated heterocycles. The molecule has 0 aliphatic carbocycles. The highest BCUT2D eigenvalue weighted by Crippen LogP contribution is 2.23. The monoisotopic (exact) mass is 325 g/mol. The van der Waals surface area contributed by atoms with Gasteiger partial charge < -0.3 is 15.5 Å². The summed E-state index contributed by atoms with van der Waals surface area (Å²) >= 11 is 0. The third kappa shape index (κ3) is 4.71. The van der Waals surface area contributed by atoms with Crippen LogP contribution in [0, 0.1) is 0 Å². The Morgan fingerprint density at radius 1 is 1.32 bits per heavy atom. The highest BCUT2D eigenvalue weighted by Gasteiger charge is 2.21. The van der Waals surface area contributed by atoms with E-state index in [9.17, 15) is 9.59 Å². The Labute approximate surface area is 137 Å². The second-order valence-corrected chi connectivity index (χ2v) is 5.38. The van der Waals surface area contributed by atoms with Gasteiger partial charge in [0.2, 0.25) is 11.8 Å². The molecule has 22 heavy (non-hydrogen) atoms. The highest BCUT2D eigenvalue weighted by atomic mass is 35.5. The zero-order chi connectivity index (χ0) is 15.2. The van der Waals surface area contributed by atoms with E-state index in [4.69, 9.17) is 0 Å². The van der Waals surface area contributed by atoms with E-state index in [1.807, 2.05) is 43.1 Å². The Hall–Kier alpha value is -1.59. The molecule has 0 spiro atoms. The van der Waals surface area contributed by atoms with Crippen molar-refractivity contribution in [2.45, 2.75) is 32.2 Å². The summed E-state index contributed by atoms with van der Waals surface area (Å²) in [7, 11) is 1.83. The van der Waals surface area contributed by atoms with Crippen molar-refractivity contribution in [2.24, 2.45) is 0 Å². The van der Waals surface area contributed by atoms with E-state index in [1.54, 1.807) is 0 Å². The lowest BCUT2D eigenvalue weighted by molar-refractivity contribution is -0.121. The van der Waals surface area contributed by atoms with E-state index in [1.165, 1.54) is 0 Å². The van der Waals surface area contributed by atoms with E-state index in [2.05, 4.69) is 10.6 Å². The second kappa shape index (κ2) is 8.76. The molecule has 1 fully saturated rings. The van der Waals surface area contributed by atoms with Gasteiger partial charge >= 0.3 is 0 Å². The summed E-state index contributed by atoms with van der Waals surface area (Å²) in [6, 6.07) is 7.83. The molecule has 0 aromatic heterocycles. The van der Waals surface area contributed by atoms with Gasteiger partial charge in [0.05, 0.1) is 6.04 Å². The number of hydrogen-bond acceptors (Lipinski definition) is 3. The average molecular weight is 326 g/mol. The predicted molar refractivity (Wildman–Crippen MR) is 90.4 cm³/mol. The van der Waals surface area contributed by atoms with Crippen LogP contribution in [-0.2, 0) is 9.59 Å². The molecule has 2 amide bonds. The van der Waals surface area contributed by atoms with E-state index in [0.29, 0.717) is 19.4 Å². The topological polar surface area (TPSA) is 61.4 Å². The molecular formula is C16H24ClN3O2. The molecule has 2 rings (SSSR count). The van der Waals surface area contributed by atoms with E-state index < -0.39 is 0 Å². The maximum Gasteiger partial charge on any atom is 0.227 e. The van der Waals surface area contributed by atoms with Crippen molar-refractivity contribution in [1.29, 1.82) is 0 Å². The van der Waals surface area contributed by atoms with Crippen molar-refractivity contribution in [3.8, 4) is 0 Å². The van der Waals surface area contributed by atoms with Gasteiger partial charge in [-0.3, -0.25) is 9.59 Å². The third-order valence-electron chi connectivity index (χ3n) is 3.76. The Balaban J connectivity index is 0.00000242. The molecular weight excluding hydrogens is 302 g/mol. The minimum absolute atomic E-state index is 0. The van der Waals surface area contributed by atoms with E-state index in [-0.39, 0.29) is 30.3 Å². The Morgan fingerprint density at radius 2 is 2.00 bits per heavy atom. The standard InChI is InChI=1S/C16H23N3O2.ClH/c1-12(18-15(20)9-10-17-2)13-5-7-14(8-6-13)19-11-3-4-16(19)21;/h5-8,12,17H,3-4,9-11H2,1-2H3,(H,18,20);1H. The van der Waals surface area contributed by atoms with Crippen LogP contribution in [0.15, 0.2) is 24.3 Å². The van der Waals surface area contributed by atoms with Gasteiger partial charge in [0, 0.05) is 31.6 Å². The molecule has 122 valence electrons. The number of nitrogens with zero attached hydrogens (tertiary/aromatic N) is 1. The number of halogens is 1. The van der Waals surface area contributed by atoms with Crippen molar-refractivity contribution in [1.82, 2.24) is 10.6 Å². The van der Waals surface area contributed by atoms with Crippen LogP contribution in [0.25, 0.3) is 0 Å². The van der Waals surface area contributed by atoms with Crippen LogP contribution in [0.1, 0.15) is 37.8 Å². The van der Waals surface area contributed by atoms with Crippen LogP contribution in [0.5, 0.6) is 0 Å². The molecule has 0 saturated carbocycles. The average Bonchev–Trinajstić information content (AvgIpc) is 2.91. The Morgan fingerprint density at radius 3 is 2.55 bits per heavy atom. The van der Waals surface area contributed by atoms with Crippen LogP contribution >= 0.6 is 12.4 Å². The van der Waals surface area contributed by atoms with Crippen molar-refractivity contribution in [3.05, 3.63) is 29.8 Å². The summed E-state index contributed by atoms with van der Waals surface area (Å²) in [6.45, 7) is 3.44. The Kier molecular flexibility index (Phi) is 7.35. The minimum atomic E-state index is -0.0299. The number of anilines is 1. The number of nitrogens with one attached hydrogen (secondary N) is 2. The molecule has 0 radical (unpaired) electrons. The van der Waals surface area contributed by atoms with Crippen LogP contribution in [0.4, 0.5) is 5.69 Å². The van der Waals surface area contributed by atoms with E-state index in [0.717, 1.165) is 24.2 Å². The fourth-order valence-electron chi connectivity index (χ4n) is 2.50. The molecule has 1 heterocycles. The van der Waals surface area contributed by atoms with Gasteiger partial charge in [-0.2, -0.15) is 0 Å². The first-order chi connectivity index (χ1) is 10.1. The molecule has 1 aromatic carbocycles. The number of benzene rings is 1. The summed E-state index contributed by atoms with van der Waals surface area (Å²) in [5, 5.41) is 5.93. The number of hydrogen-bond donors (Lipinski definition) is 2. The first kappa shape index (κ1) is 18.5. The number of carbonyl (C=O) groups is 2. The summed E-state index contributed by atoms with van der Waals surface area (Å²) < 4.78 is 0. The number of rotatable bonds is 6.